The molecule has 1 aliphatic heterocycles. The molecule has 1 aromatic rings. The first-order valence-corrected chi connectivity index (χ1v) is 8.37. The zero-order valence-corrected chi connectivity index (χ0v) is 13.8. The van der Waals surface area contributed by atoms with Crippen LogP contribution in [-0.4, -0.2) is 43.8 Å². The minimum Gasteiger partial charge on any atom is -0.378 e. The molecule has 1 saturated heterocycles. The Hall–Kier alpha value is -0.900. The van der Waals surface area contributed by atoms with Crippen LogP contribution in [0.2, 0.25) is 0 Å². The summed E-state index contributed by atoms with van der Waals surface area (Å²) in [5, 5.41) is 3.65. The number of ether oxygens (including phenoxy) is 1. The van der Waals surface area contributed by atoms with Crippen LogP contribution in [0.15, 0.2) is 24.3 Å². The zero-order chi connectivity index (χ0) is 15.1. The van der Waals surface area contributed by atoms with Crippen molar-refractivity contribution in [3.63, 3.8) is 0 Å². The Balaban J connectivity index is 1.98. The van der Waals surface area contributed by atoms with E-state index in [0.29, 0.717) is 12.1 Å². The second-order valence-corrected chi connectivity index (χ2v) is 5.93. The van der Waals surface area contributed by atoms with Gasteiger partial charge in [-0.2, -0.15) is 0 Å². The highest BCUT2D eigenvalue weighted by Gasteiger charge is 2.22. The van der Waals surface area contributed by atoms with Gasteiger partial charge in [-0.05, 0) is 37.4 Å². The molecule has 3 nitrogen and oxygen atoms in total. The standard InChI is InChI=1S/C18H30N2O/c1-4-16-14-21-13-12-20(16)11-10-18(19-5-2)17-9-7-6-8-15(17)3/h6-9,16,18-19H,4-5,10-14H2,1-3H3. The summed E-state index contributed by atoms with van der Waals surface area (Å²) in [6, 6.07) is 9.80. The molecule has 1 N–H and O–H groups in total. The van der Waals surface area contributed by atoms with Gasteiger partial charge in [-0.1, -0.05) is 38.1 Å². The van der Waals surface area contributed by atoms with Crippen molar-refractivity contribution in [3.8, 4) is 0 Å². The Kier molecular flexibility index (Phi) is 6.68. The molecule has 21 heavy (non-hydrogen) atoms. The monoisotopic (exact) mass is 290 g/mol. The molecular formula is C18H30N2O. The van der Waals surface area contributed by atoms with Gasteiger partial charge in [0.05, 0.1) is 13.2 Å². The zero-order valence-electron chi connectivity index (χ0n) is 13.8. The van der Waals surface area contributed by atoms with Crippen LogP contribution in [0.25, 0.3) is 0 Å². The number of nitrogens with zero attached hydrogens (tertiary/aromatic N) is 1. The largest absolute Gasteiger partial charge is 0.378 e. The van der Waals surface area contributed by atoms with E-state index in [9.17, 15) is 0 Å². The van der Waals surface area contributed by atoms with Gasteiger partial charge in [0, 0.05) is 25.2 Å². The van der Waals surface area contributed by atoms with Gasteiger partial charge in [-0.3, -0.25) is 4.90 Å². The van der Waals surface area contributed by atoms with E-state index in [2.05, 4.69) is 55.3 Å². The van der Waals surface area contributed by atoms with Crippen molar-refractivity contribution in [2.45, 2.75) is 45.7 Å². The fourth-order valence-corrected chi connectivity index (χ4v) is 3.25. The van der Waals surface area contributed by atoms with Crippen LogP contribution in [0.5, 0.6) is 0 Å². The second-order valence-electron chi connectivity index (χ2n) is 5.93. The van der Waals surface area contributed by atoms with E-state index >= 15 is 0 Å². The molecule has 0 aliphatic carbocycles. The number of hydrogen-bond donors (Lipinski definition) is 1. The Morgan fingerprint density at radius 3 is 2.86 bits per heavy atom. The van der Waals surface area contributed by atoms with Crippen LogP contribution in [0.4, 0.5) is 0 Å². The second kappa shape index (κ2) is 8.52. The lowest BCUT2D eigenvalue weighted by Crippen LogP contribution is -2.46. The van der Waals surface area contributed by atoms with Gasteiger partial charge in [0.2, 0.25) is 0 Å². The highest BCUT2D eigenvalue weighted by atomic mass is 16.5. The van der Waals surface area contributed by atoms with Crippen LogP contribution < -0.4 is 5.32 Å². The number of aryl methyl sites for hydroxylation is 1. The smallest absolute Gasteiger partial charge is 0.0622 e. The molecular weight excluding hydrogens is 260 g/mol. The third kappa shape index (κ3) is 4.53. The summed E-state index contributed by atoms with van der Waals surface area (Å²) in [4.78, 5) is 2.60. The third-order valence-corrected chi connectivity index (χ3v) is 4.54. The Bertz CT molecular complexity index is 421. The lowest BCUT2D eigenvalue weighted by atomic mass is 9.98. The molecule has 2 atom stereocenters. The van der Waals surface area contributed by atoms with E-state index < -0.39 is 0 Å². The molecule has 0 saturated carbocycles. The highest BCUT2D eigenvalue weighted by Crippen LogP contribution is 2.22. The van der Waals surface area contributed by atoms with Crippen LogP contribution in [0.1, 0.15) is 43.9 Å². The van der Waals surface area contributed by atoms with Crippen molar-refractivity contribution in [1.82, 2.24) is 10.2 Å². The molecule has 0 spiro atoms. The Morgan fingerprint density at radius 2 is 2.14 bits per heavy atom. The molecule has 2 unspecified atom stereocenters. The molecule has 3 heteroatoms. The van der Waals surface area contributed by atoms with Crippen molar-refractivity contribution in [2.24, 2.45) is 0 Å². The number of benzene rings is 1. The van der Waals surface area contributed by atoms with E-state index in [-0.39, 0.29) is 0 Å². The van der Waals surface area contributed by atoms with Crippen LogP contribution in [0, 0.1) is 6.92 Å². The van der Waals surface area contributed by atoms with E-state index in [4.69, 9.17) is 4.74 Å². The quantitative estimate of drug-likeness (QED) is 0.835. The summed E-state index contributed by atoms with van der Waals surface area (Å²) in [6.07, 6.45) is 2.34. The van der Waals surface area contributed by atoms with Gasteiger partial charge in [0.15, 0.2) is 0 Å². The summed E-state index contributed by atoms with van der Waals surface area (Å²) in [5.41, 5.74) is 2.83. The molecule has 118 valence electrons. The summed E-state index contributed by atoms with van der Waals surface area (Å²) >= 11 is 0. The van der Waals surface area contributed by atoms with Gasteiger partial charge in [0.1, 0.15) is 0 Å². The first-order chi connectivity index (χ1) is 10.3. The summed E-state index contributed by atoms with van der Waals surface area (Å²) < 4.78 is 5.60. The molecule has 0 amide bonds. The van der Waals surface area contributed by atoms with E-state index in [1.807, 2.05) is 0 Å². The van der Waals surface area contributed by atoms with Crippen molar-refractivity contribution in [2.75, 3.05) is 32.8 Å². The SMILES string of the molecule is CCNC(CCN1CCOCC1CC)c1ccccc1C. The fraction of sp³-hybridized carbons (Fsp3) is 0.667. The van der Waals surface area contributed by atoms with Crippen molar-refractivity contribution >= 4 is 0 Å². The van der Waals surface area contributed by atoms with Crippen molar-refractivity contribution in [1.29, 1.82) is 0 Å². The predicted molar refractivity (Wildman–Crippen MR) is 88.7 cm³/mol. The minimum atomic E-state index is 0.455. The fourth-order valence-electron chi connectivity index (χ4n) is 3.25. The molecule has 0 bridgehead atoms. The Morgan fingerprint density at radius 1 is 1.33 bits per heavy atom. The molecule has 0 aromatic heterocycles. The van der Waals surface area contributed by atoms with Crippen molar-refractivity contribution in [3.05, 3.63) is 35.4 Å². The third-order valence-electron chi connectivity index (χ3n) is 4.54. The molecule has 2 rings (SSSR count). The van der Waals surface area contributed by atoms with Gasteiger partial charge in [-0.25, -0.2) is 0 Å². The van der Waals surface area contributed by atoms with Gasteiger partial charge in [-0.15, -0.1) is 0 Å². The molecule has 1 aliphatic rings. The maximum absolute atomic E-state index is 5.60. The average molecular weight is 290 g/mol. The molecule has 1 heterocycles. The maximum atomic E-state index is 5.60. The minimum absolute atomic E-state index is 0.455. The summed E-state index contributed by atoms with van der Waals surface area (Å²) in [5.74, 6) is 0. The van der Waals surface area contributed by atoms with E-state index in [1.165, 1.54) is 17.5 Å². The molecule has 1 aromatic carbocycles. The van der Waals surface area contributed by atoms with Crippen LogP contribution in [0.3, 0.4) is 0 Å². The number of morpholine rings is 1. The first-order valence-electron chi connectivity index (χ1n) is 8.37. The summed E-state index contributed by atoms with van der Waals surface area (Å²) in [6.45, 7) is 11.7. The normalized spacial score (nSPS) is 21.4. The van der Waals surface area contributed by atoms with Gasteiger partial charge in [0.25, 0.3) is 0 Å². The average Bonchev–Trinajstić information content (AvgIpc) is 2.52. The lowest BCUT2D eigenvalue weighted by molar-refractivity contribution is -0.0100. The topological polar surface area (TPSA) is 24.5 Å². The van der Waals surface area contributed by atoms with Crippen molar-refractivity contribution < 1.29 is 4.74 Å². The van der Waals surface area contributed by atoms with E-state index in [1.54, 1.807) is 0 Å². The van der Waals surface area contributed by atoms with Crippen LogP contribution >= 0.6 is 0 Å². The Labute approximate surface area is 129 Å². The lowest BCUT2D eigenvalue weighted by Gasteiger charge is -2.36. The van der Waals surface area contributed by atoms with Gasteiger partial charge >= 0.3 is 0 Å². The van der Waals surface area contributed by atoms with Gasteiger partial charge < -0.3 is 10.1 Å². The first kappa shape index (κ1) is 16.5. The van der Waals surface area contributed by atoms with Crippen LogP contribution in [-0.2, 0) is 4.74 Å². The number of hydrogen-bond acceptors (Lipinski definition) is 3. The molecule has 0 radical (unpaired) electrons. The summed E-state index contributed by atoms with van der Waals surface area (Å²) in [7, 11) is 0. The molecule has 1 fully saturated rings. The predicted octanol–water partition coefficient (Wildman–Crippen LogP) is 3.15. The number of nitrogens with one attached hydrogen (secondary N) is 1. The highest BCUT2D eigenvalue weighted by molar-refractivity contribution is 5.28. The maximum Gasteiger partial charge on any atom is 0.0622 e. The van der Waals surface area contributed by atoms with E-state index in [0.717, 1.165) is 39.3 Å². The number of rotatable bonds is 7.